The molecule has 2 aliphatic rings. The van der Waals surface area contributed by atoms with E-state index in [-0.39, 0.29) is 17.5 Å². The Hall–Kier alpha value is -0.180. The summed E-state index contributed by atoms with van der Waals surface area (Å²) >= 11 is 0. The molecule has 2 fully saturated rings. The minimum absolute atomic E-state index is 0.0394. The number of hydrogen-bond acceptors (Lipinski definition) is 5. The van der Waals surface area contributed by atoms with Crippen LogP contribution in [-0.2, 0) is 19.9 Å². The van der Waals surface area contributed by atoms with Crippen molar-refractivity contribution in [1.82, 2.24) is 9.62 Å². The van der Waals surface area contributed by atoms with Crippen LogP contribution in [0.25, 0.3) is 0 Å². The lowest BCUT2D eigenvalue weighted by atomic mass is 10.2. The SMILES string of the molecule is CC1(C)CNCCN(C2CCS(=O)(=O)C2)S1(=O)=O. The number of rotatable bonds is 1. The zero-order valence-corrected chi connectivity index (χ0v) is 12.3. The minimum Gasteiger partial charge on any atom is -0.314 e. The molecular weight excluding hydrogens is 276 g/mol. The lowest BCUT2D eigenvalue weighted by molar-refractivity contribution is 0.343. The zero-order valence-electron chi connectivity index (χ0n) is 10.7. The first-order chi connectivity index (χ1) is 8.16. The van der Waals surface area contributed by atoms with E-state index in [1.165, 1.54) is 4.31 Å². The summed E-state index contributed by atoms with van der Waals surface area (Å²) in [5.41, 5.74) is 0. The van der Waals surface area contributed by atoms with Crippen LogP contribution >= 0.6 is 0 Å². The molecule has 1 N–H and O–H groups in total. The lowest BCUT2D eigenvalue weighted by Crippen LogP contribution is -2.50. The number of sulfonamides is 1. The van der Waals surface area contributed by atoms with Crippen LogP contribution in [0.4, 0.5) is 0 Å². The van der Waals surface area contributed by atoms with Crippen LogP contribution in [0.1, 0.15) is 20.3 Å². The van der Waals surface area contributed by atoms with E-state index in [0.29, 0.717) is 26.1 Å². The number of nitrogens with one attached hydrogen (secondary N) is 1. The molecule has 0 bridgehead atoms. The standard InChI is InChI=1S/C10H20N2O4S2/c1-10(2)8-11-4-5-12(18(10,15)16)9-3-6-17(13,14)7-9/h9,11H,3-8H2,1-2H3. The Kier molecular flexibility index (Phi) is 3.50. The van der Waals surface area contributed by atoms with E-state index in [4.69, 9.17) is 0 Å². The van der Waals surface area contributed by atoms with Gasteiger partial charge in [-0.15, -0.1) is 0 Å². The van der Waals surface area contributed by atoms with Crippen molar-refractivity contribution in [1.29, 1.82) is 0 Å². The van der Waals surface area contributed by atoms with Crippen LogP contribution in [0, 0.1) is 0 Å². The Morgan fingerprint density at radius 1 is 1.22 bits per heavy atom. The molecule has 1 unspecified atom stereocenters. The van der Waals surface area contributed by atoms with Crippen LogP contribution in [0.5, 0.6) is 0 Å². The van der Waals surface area contributed by atoms with Gasteiger partial charge in [0, 0.05) is 25.7 Å². The molecule has 0 aromatic rings. The van der Waals surface area contributed by atoms with Crippen molar-refractivity contribution in [2.24, 2.45) is 0 Å². The Bertz CT molecular complexity index is 524. The summed E-state index contributed by atoms with van der Waals surface area (Å²) in [6.07, 6.45) is 0.414. The molecule has 8 heteroatoms. The number of hydrogen-bond donors (Lipinski definition) is 1. The molecular formula is C10H20N2O4S2. The molecule has 0 aromatic carbocycles. The molecule has 1 atom stereocenters. The van der Waals surface area contributed by atoms with E-state index in [1.54, 1.807) is 13.8 Å². The molecule has 2 saturated heterocycles. The smallest absolute Gasteiger partial charge is 0.220 e. The van der Waals surface area contributed by atoms with Crippen LogP contribution in [-0.4, -0.2) is 63.1 Å². The first-order valence-corrected chi connectivity index (χ1v) is 9.34. The van der Waals surface area contributed by atoms with Crippen molar-refractivity contribution >= 4 is 19.9 Å². The van der Waals surface area contributed by atoms with Gasteiger partial charge in [-0.2, -0.15) is 4.31 Å². The van der Waals surface area contributed by atoms with Gasteiger partial charge in [0.1, 0.15) is 0 Å². The van der Waals surface area contributed by atoms with Gasteiger partial charge in [-0.25, -0.2) is 16.8 Å². The highest BCUT2D eigenvalue weighted by atomic mass is 32.2. The van der Waals surface area contributed by atoms with Crippen LogP contribution in [0.2, 0.25) is 0 Å². The van der Waals surface area contributed by atoms with Gasteiger partial charge in [0.25, 0.3) is 0 Å². The third-order valence-electron chi connectivity index (χ3n) is 3.68. The molecule has 2 heterocycles. The molecule has 106 valence electrons. The summed E-state index contributed by atoms with van der Waals surface area (Å²) in [5.74, 6) is 0.0554. The van der Waals surface area contributed by atoms with Crippen molar-refractivity contribution < 1.29 is 16.8 Å². The summed E-state index contributed by atoms with van der Waals surface area (Å²) in [7, 11) is -6.54. The average Bonchev–Trinajstić information content (AvgIpc) is 2.52. The first kappa shape index (κ1) is 14.2. The number of sulfone groups is 1. The highest BCUT2D eigenvalue weighted by molar-refractivity contribution is 7.92. The molecule has 6 nitrogen and oxygen atoms in total. The highest BCUT2D eigenvalue weighted by Crippen LogP contribution is 2.28. The summed E-state index contributed by atoms with van der Waals surface area (Å²) in [6.45, 7) is 4.67. The second kappa shape index (κ2) is 4.43. The maximum atomic E-state index is 12.5. The predicted molar refractivity (Wildman–Crippen MR) is 69.6 cm³/mol. The third kappa shape index (κ3) is 2.43. The van der Waals surface area contributed by atoms with Gasteiger partial charge >= 0.3 is 0 Å². The Labute approximate surface area is 109 Å². The van der Waals surface area contributed by atoms with Gasteiger partial charge < -0.3 is 5.32 Å². The summed E-state index contributed by atoms with van der Waals surface area (Å²) in [4.78, 5) is 0. The van der Waals surface area contributed by atoms with E-state index in [1.807, 2.05) is 0 Å². The monoisotopic (exact) mass is 296 g/mol. The van der Waals surface area contributed by atoms with E-state index in [0.717, 1.165) is 0 Å². The van der Waals surface area contributed by atoms with Gasteiger partial charge in [0.15, 0.2) is 9.84 Å². The Morgan fingerprint density at radius 2 is 1.89 bits per heavy atom. The van der Waals surface area contributed by atoms with E-state index in [2.05, 4.69) is 5.32 Å². The number of nitrogens with zero attached hydrogens (tertiary/aromatic N) is 1. The molecule has 2 aliphatic heterocycles. The minimum atomic E-state index is -3.47. The zero-order chi connectivity index (χ0) is 13.6. The summed E-state index contributed by atoms with van der Waals surface area (Å²) in [5, 5.41) is 3.10. The summed E-state index contributed by atoms with van der Waals surface area (Å²) < 4.78 is 48.6. The highest BCUT2D eigenvalue weighted by Gasteiger charge is 2.46. The largest absolute Gasteiger partial charge is 0.314 e. The lowest BCUT2D eigenvalue weighted by Gasteiger charge is -2.32. The van der Waals surface area contributed by atoms with Crippen molar-refractivity contribution in [2.75, 3.05) is 31.1 Å². The molecule has 2 rings (SSSR count). The first-order valence-electron chi connectivity index (χ1n) is 6.08. The van der Waals surface area contributed by atoms with Crippen LogP contribution in [0.3, 0.4) is 0 Å². The molecule has 0 aliphatic carbocycles. The van der Waals surface area contributed by atoms with Crippen LogP contribution in [0.15, 0.2) is 0 Å². The van der Waals surface area contributed by atoms with Gasteiger partial charge in [-0.3, -0.25) is 0 Å². The van der Waals surface area contributed by atoms with E-state index >= 15 is 0 Å². The maximum Gasteiger partial charge on any atom is 0.220 e. The quantitative estimate of drug-likeness (QED) is 0.684. The molecule has 18 heavy (non-hydrogen) atoms. The molecule has 0 saturated carbocycles. The Morgan fingerprint density at radius 3 is 2.44 bits per heavy atom. The van der Waals surface area contributed by atoms with Crippen molar-refractivity contribution in [3.8, 4) is 0 Å². The molecule has 0 amide bonds. The van der Waals surface area contributed by atoms with Gasteiger partial charge in [0.05, 0.1) is 16.3 Å². The maximum absolute atomic E-state index is 12.5. The van der Waals surface area contributed by atoms with E-state index in [9.17, 15) is 16.8 Å². The fraction of sp³-hybridized carbons (Fsp3) is 1.00. The molecule has 0 aromatic heterocycles. The van der Waals surface area contributed by atoms with Gasteiger partial charge in [-0.1, -0.05) is 0 Å². The Balaban J connectivity index is 2.32. The van der Waals surface area contributed by atoms with Gasteiger partial charge in [0.2, 0.25) is 10.0 Å². The fourth-order valence-corrected chi connectivity index (χ4v) is 6.14. The molecule has 0 radical (unpaired) electrons. The third-order valence-corrected chi connectivity index (χ3v) is 8.07. The average molecular weight is 296 g/mol. The van der Waals surface area contributed by atoms with Gasteiger partial charge in [-0.05, 0) is 20.3 Å². The molecule has 0 spiro atoms. The van der Waals surface area contributed by atoms with Crippen LogP contribution < -0.4 is 5.32 Å². The fourth-order valence-electron chi connectivity index (χ4n) is 2.49. The second-order valence-electron chi connectivity index (χ2n) is 5.61. The second-order valence-corrected chi connectivity index (χ2v) is 10.4. The van der Waals surface area contributed by atoms with Crippen molar-refractivity contribution in [2.45, 2.75) is 31.1 Å². The van der Waals surface area contributed by atoms with Crippen molar-refractivity contribution in [3.05, 3.63) is 0 Å². The topological polar surface area (TPSA) is 83.6 Å². The normalized spacial score (nSPS) is 35.1. The van der Waals surface area contributed by atoms with Crippen molar-refractivity contribution in [3.63, 3.8) is 0 Å². The van der Waals surface area contributed by atoms with E-state index < -0.39 is 24.6 Å². The summed E-state index contributed by atoms with van der Waals surface area (Å²) in [6, 6.07) is -0.390. The predicted octanol–water partition coefficient (Wildman–Crippen LogP) is -0.813.